The van der Waals surface area contributed by atoms with Crippen molar-refractivity contribution >= 4 is 11.0 Å². The molecule has 0 fully saturated rings. The second-order valence-electron chi connectivity index (χ2n) is 5.33. The van der Waals surface area contributed by atoms with Crippen LogP contribution >= 0.6 is 0 Å². The monoisotopic (exact) mass is 257 g/mol. The first-order valence-electron chi connectivity index (χ1n) is 6.12. The van der Waals surface area contributed by atoms with E-state index in [2.05, 4.69) is 10.1 Å². The van der Waals surface area contributed by atoms with Gasteiger partial charge in [0.15, 0.2) is 5.76 Å². The Kier molecular flexibility index (Phi) is 2.64. The van der Waals surface area contributed by atoms with E-state index in [0.717, 1.165) is 11.0 Å². The first kappa shape index (κ1) is 11.9. The van der Waals surface area contributed by atoms with Crippen LogP contribution in [0.25, 0.3) is 22.6 Å². The van der Waals surface area contributed by atoms with Crippen molar-refractivity contribution in [1.82, 2.24) is 10.1 Å². The molecule has 3 aromatic rings. The van der Waals surface area contributed by atoms with Crippen LogP contribution in [-0.4, -0.2) is 15.7 Å². The molecule has 0 aliphatic rings. The van der Waals surface area contributed by atoms with Gasteiger partial charge in [0.05, 0.1) is 0 Å². The van der Waals surface area contributed by atoms with Crippen molar-refractivity contribution in [3.05, 3.63) is 36.2 Å². The van der Waals surface area contributed by atoms with Gasteiger partial charge in [0, 0.05) is 17.3 Å². The fraction of sp³-hybridized carbons (Fsp3) is 0.286. The normalized spacial score (nSPS) is 12.2. The van der Waals surface area contributed by atoms with Crippen LogP contribution < -0.4 is 5.73 Å². The lowest BCUT2D eigenvalue weighted by Gasteiger charge is -2.14. The Bertz CT molecular complexity index is 674. The second-order valence-corrected chi connectivity index (χ2v) is 5.33. The Balaban J connectivity index is 1.94. The van der Waals surface area contributed by atoms with Gasteiger partial charge in [-0.1, -0.05) is 23.4 Å². The van der Waals surface area contributed by atoms with Gasteiger partial charge in [-0.15, -0.1) is 0 Å². The second kappa shape index (κ2) is 4.20. The zero-order valence-corrected chi connectivity index (χ0v) is 10.9. The molecule has 0 saturated carbocycles. The van der Waals surface area contributed by atoms with Crippen molar-refractivity contribution in [2.24, 2.45) is 5.73 Å². The smallest absolute Gasteiger partial charge is 0.238 e. The van der Waals surface area contributed by atoms with E-state index >= 15 is 0 Å². The summed E-state index contributed by atoms with van der Waals surface area (Å²) in [6.07, 6.45) is 0.528. The summed E-state index contributed by atoms with van der Waals surface area (Å²) in [5, 5.41) is 4.95. The molecule has 0 bridgehead atoms. The molecule has 0 aliphatic carbocycles. The number of hydrogen-bond acceptors (Lipinski definition) is 5. The van der Waals surface area contributed by atoms with Gasteiger partial charge in [0.2, 0.25) is 11.7 Å². The number of nitrogens with two attached hydrogens (primary N) is 1. The molecule has 2 aromatic heterocycles. The molecule has 2 N–H and O–H groups in total. The Morgan fingerprint density at radius 2 is 2.05 bits per heavy atom. The molecule has 1 aromatic carbocycles. The van der Waals surface area contributed by atoms with Crippen molar-refractivity contribution in [2.45, 2.75) is 25.8 Å². The Hall–Kier alpha value is -2.14. The van der Waals surface area contributed by atoms with E-state index in [1.54, 1.807) is 0 Å². The van der Waals surface area contributed by atoms with Crippen LogP contribution in [0.15, 0.2) is 39.3 Å². The van der Waals surface area contributed by atoms with Crippen molar-refractivity contribution in [2.75, 3.05) is 0 Å². The van der Waals surface area contributed by atoms with Gasteiger partial charge in [-0.3, -0.25) is 0 Å². The molecule has 19 heavy (non-hydrogen) atoms. The number of nitrogens with zero attached hydrogens (tertiary/aromatic N) is 2. The maximum atomic E-state index is 5.93. The third-order valence-electron chi connectivity index (χ3n) is 2.72. The standard InChI is InChI=1S/C14H15N3O2/c1-14(2,15)8-12-16-13(17-19-12)11-7-9-5-3-4-6-10(9)18-11/h3-7H,8,15H2,1-2H3. The third-order valence-corrected chi connectivity index (χ3v) is 2.72. The van der Waals surface area contributed by atoms with Crippen LogP contribution in [0.3, 0.4) is 0 Å². The molecule has 0 radical (unpaired) electrons. The first-order valence-corrected chi connectivity index (χ1v) is 6.12. The van der Waals surface area contributed by atoms with E-state index in [4.69, 9.17) is 14.7 Å². The summed E-state index contributed by atoms with van der Waals surface area (Å²) in [7, 11) is 0. The topological polar surface area (TPSA) is 78.1 Å². The highest BCUT2D eigenvalue weighted by atomic mass is 16.5. The summed E-state index contributed by atoms with van der Waals surface area (Å²) in [6.45, 7) is 3.83. The summed E-state index contributed by atoms with van der Waals surface area (Å²) in [4.78, 5) is 4.31. The molecule has 0 unspecified atom stereocenters. The van der Waals surface area contributed by atoms with Crippen LogP contribution in [0.5, 0.6) is 0 Å². The first-order chi connectivity index (χ1) is 9.01. The highest BCUT2D eigenvalue weighted by molar-refractivity contribution is 5.81. The molecule has 0 spiro atoms. The zero-order chi connectivity index (χ0) is 13.5. The zero-order valence-electron chi connectivity index (χ0n) is 10.9. The van der Waals surface area contributed by atoms with E-state index in [0.29, 0.717) is 23.9 Å². The van der Waals surface area contributed by atoms with E-state index in [1.807, 2.05) is 44.2 Å². The van der Waals surface area contributed by atoms with Crippen LogP contribution in [0.4, 0.5) is 0 Å². The Morgan fingerprint density at radius 3 is 2.79 bits per heavy atom. The number of benzene rings is 1. The molecule has 5 nitrogen and oxygen atoms in total. The Labute approximate surface area is 110 Å². The largest absolute Gasteiger partial charge is 0.453 e. The number of hydrogen-bond donors (Lipinski definition) is 1. The lowest BCUT2D eigenvalue weighted by atomic mass is 10.0. The van der Waals surface area contributed by atoms with E-state index in [1.165, 1.54) is 0 Å². The molecule has 5 heteroatoms. The summed E-state index contributed by atoms with van der Waals surface area (Å²) < 4.78 is 10.9. The quantitative estimate of drug-likeness (QED) is 0.780. The van der Waals surface area contributed by atoms with Gasteiger partial charge in [-0.2, -0.15) is 4.98 Å². The van der Waals surface area contributed by atoms with Gasteiger partial charge in [0.25, 0.3) is 0 Å². The summed E-state index contributed by atoms with van der Waals surface area (Å²) in [5.41, 5.74) is 6.36. The lowest BCUT2D eigenvalue weighted by Crippen LogP contribution is -2.34. The Morgan fingerprint density at radius 1 is 1.26 bits per heavy atom. The van der Waals surface area contributed by atoms with Gasteiger partial charge < -0.3 is 14.7 Å². The molecule has 3 rings (SSSR count). The van der Waals surface area contributed by atoms with Crippen LogP contribution in [-0.2, 0) is 6.42 Å². The summed E-state index contributed by atoms with van der Waals surface area (Å²) >= 11 is 0. The van der Waals surface area contributed by atoms with Crippen LogP contribution in [0.1, 0.15) is 19.7 Å². The fourth-order valence-electron chi connectivity index (χ4n) is 1.91. The minimum absolute atomic E-state index is 0.377. The van der Waals surface area contributed by atoms with Crippen molar-refractivity contribution in [1.29, 1.82) is 0 Å². The van der Waals surface area contributed by atoms with E-state index in [-0.39, 0.29) is 5.54 Å². The van der Waals surface area contributed by atoms with Crippen molar-refractivity contribution in [3.63, 3.8) is 0 Å². The van der Waals surface area contributed by atoms with Crippen molar-refractivity contribution in [3.8, 4) is 11.6 Å². The SMILES string of the molecule is CC(C)(N)Cc1nc(-c2cc3ccccc3o2)no1. The lowest BCUT2D eigenvalue weighted by molar-refractivity contribution is 0.348. The average Bonchev–Trinajstić information content (AvgIpc) is 2.91. The molecule has 98 valence electrons. The predicted molar refractivity (Wildman–Crippen MR) is 71.5 cm³/mol. The van der Waals surface area contributed by atoms with Gasteiger partial charge in [-0.05, 0) is 26.0 Å². The number of fused-ring (bicyclic) bond motifs is 1. The predicted octanol–water partition coefficient (Wildman–Crippen LogP) is 2.76. The molecule has 0 atom stereocenters. The van der Waals surface area contributed by atoms with Crippen LogP contribution in [0, 0.1) is 0 Å². The molecular weight excluding hydrogens is 242 g/mol. The summed E-state index contributed by atoms with van der Waals surface area (Å²) in [5.74, 6) is 1.57. The van der Waals surface area contributed by atoms with Gasteiger partial charge in [0.1, 0.15) is 5.58 Å². The minimum atomic E-state index is -0.377. The van der Waals surface area contributed by atoms with Gasteiger partial charge >= 0.3 is 0 Å². The third kappa shape index (κ3) is 2.51. The molecule has 2 heterocycles. The molecule has 0 aliphatic heterocycles. The van der Waals surface area contributed by atoms with Gasteiger partial charge in [-0.25, -0.2) is 0 Å². The van der Waals surface area contributed by atoms with E-state index in [9.17, 15) is 0 Å². The fourth-order valence-corrected chi connectivity index (χ4v) is 1.91. The number of aromatic nitrogens is 2. The maximum absolute atomic E-state index is 5.93. The molecule has 0 amide bonds. The highest BCUT2D eigenvalue weighted by Gasteiger charge is 2.19. The summed E-state index contributed by atoms with van der Waals surface area (Å²) in [6, 6.07) is 9.67. The molecular formula is C14H15N3O2. The van der Waals surface area contributed by atoms with Crippen LogP contribution in [0.2, 0.25) is 0 Å². The minimum Gasteiger partial charge on any atom is -0.453 e. The average molecular weight is 257 g/mol. The molecule has 0 saturated heterocycles. The maximum Gasteiger partial charge on any atom is 0.238 e. The number of para-hydroxylation sites is 1. The number of furan rings is 1. The highest BCUT2D eigenvalue weighted by Crippen LogP contribution is 2.25. The number of rotatable bonds is 3. The van der Waals surface area contributed by atoms with E-state index < -0.39 is 0 Å². The van der Waals surface area contributed by atoms with Crippen molar-refractivity contribution < 1.29 is 8.94 Å².